The van der Waals surface area contributed by atoms with Gasteiger partial charge in [-0.05, 0) is 63.6 Å². The minimum Gasteiger partial charge on any atom is -0.342 e. The molecule has 142 valence electrons. The number of carbonyl (C=O) groups excluding carboxylic acids is 2. The smallest absolute Gasteiger partial charge is 0.228 e. The SMILES string of the molecule is CCN(C(=O)CCN(CCC1=CCCCC1)C(C)=O)c1cccc(C)c1. The molecule has 0 radical (unpaired) electrons. The number of benzene rings is 1. The van der Waals surface area contributed by atoms with E-state index in [2.05, 4.69) is 6.08 Å². The summed E-state index contributed by atoms with van der Waals surface area (Å²) in [5.74, 6) is 0.119. The highest BCUT2D eigenvalue weighted by Gasteiger charge is 2.17. The summed E-state index contributed by atoms with van der Waals surface area (Å²) in [7, 11) is 0. The number of rotatable bonds is 8. The van der Waals surface area contributed by atoms with Crippen LogP contribution in [0.25, 0.3) is 0 Å². The Morgan fingerprint density at radius 3 is 2.58 bits per heavy atom. The highest BCUT2D eigenvalue weighted by molar-refractivity contribution is 5.93. The van der Waals surface area contributed by atoms with E-state index in [-0.39, 0.29) is 11.8 Å². The predicted octanol–water partition coefficient (Wildman–Crippen LogP) is 4.48. The van der Waals surface area contributed by atoms with Gasteiger partial charge in [-0.1, -0.05) is 23.8 Å². The van der Waals surface area contributed by atoms with E-state index in [4.69, 9.17) is 0 Å². The summed E-state index contributed by atoms with van der Waals surface area (Å²) < 4.78 is 0. The topological polar surface area (TPSA) is 40.6 Å². The second kappa shape index (κ2) is 10.1. The van der Waals surface area contributed by atoms with Crippen LogP contribution < -0.4 is 4.90 Å². The quantitative estimate of drug-likeness (QED) is 0.645. The molecular formula is C22H32N2O2. The van der Waals surface area contributed by atoms with Gasteiger partial charge in [0.2, 0.25) is 11.8 Å². The zero-order valence-electron chi connectivity index (χ0n) is 16.5. The molecule has 0 unspecified atom stereocenters. The fourth-order valence-electron chi connectivity index (χ4n) is 3.50. The molecular weight excluding hydrogens is 324 g/mol. The number of amides is 2. The molecule has 0 aliphatic heterocycles. The minimum absolute atomic E-state index is 0.0489. The zero-order chi connectivity index (χ0) is 18.9. The van der Waals surface area contributed by atoms with E-state index in [1.54, 1.807) is 11.8 Å². The Hall–Kier alpha value is -2.10. The second-order valence-corrected chi connectivity index (χ2v) is 7.09. The molecule has 2 amide bonds. The van der Waals surface area contributed by atoms with Gasteiger partial charge in [-0.2, -0.15) is 0 Å². The number of hydrogen-bond donors (Lipinski definition) is 0. The summed E-state index contributed by atoms with van der Waals surface area (Å²) >= 11 is 0. The number of allylic oxidation sites excluding steroid dienone is 1. The first-order valence-corrected chi connectivity index (χ1v) is 9.81. The van der Waals surface area contributed by atoms with E-state index in [1.165, 1.54) is 18.4 Å². The van der Waals surface area contributed by atoms with Crippen molar-refractivity contribution in [1.82, 2.24) is 4.90 Å². The monoisotopic (exact) mass is 356 g/mol. The highest BCUT2D eigenvalue weighted by atomic mass is 16.2. The third kappa shape index (κ3) is 6.01. The van der Waals surface area contributed by atoms with Gasteiger partial charge in [0.15, 0.2) is 0 Å². The van der Waals surface area contributed by atoms with Crippen LogP contribution in [0.4, 0.5) is 5.69 Å². The lowest BCUT2D eigenvalue weighted by molar-refractivity contribution is -0.129. The molecule has 0 bridgehead atoms. The van der Waals surface area contributed by atoms with Crippen LogP contribution in [-0.2, 0) is 9.59 Å². The highest BCUT2D eigenvalue weighted by Crippen LogP contribution is 2.21. The van der Waals surface area contributed by atoms with Crippen molar-refractivity contribution < 1.29 is 9.59 Å². The number of hydrogen-bond acceptors (Lipinski definition) is 2. The van der Waals surface area contributed by atoms with E-state index < -0.39 is 0 Å². The Balaban J connectivity index is 1.91. The molecule has 0 saturated carbocycles. The Bertz CT molecular complexity index is 651. The molecule has 0 N–H and O–H groups in total. The molecule has 4 nitrogen and oxygen atoms in total. The Kier molecular flexibility index (Phi) is 7.89. The minimum atomic E-state index is 0.0489. The summed E-state index contributed by atoms with van der Waals surface area (Å²) in [4.78, 5) is 28.3. The Morgan fingerprint density at radius 2 is 1.96 bits per heavy atom. The van der Waals surface area contributed by atoms with Crippen LogP contribution in [-0.4, -0.2) is 36.3 Å². The maximum absolute atomic E-state index is 12.7. The third-order valence-corrected chi connectivity index (χ3v) is 5.06. The van der Waals surface area contributed by atoms with Gasteiger partial charge in [0.05, 0.1) is 0 Å². The molecule has 1 aliphatic rings. The number of carbonyl (C=O) groups is 2. The molecule has 0 atom stereocenters. The maximum atomic E-state index is 12.7. The predicted molar refractivity (Wildman–Crippen MR) is 107 cm³/mol. The lowest BCUT2D eigenvalue weighted by Crippen LogP contribution is -2.37. The first-order valence-electron chi connectivity index (χ1n) is 9.81. The molecule has 1 aromatic rings. The van der Waals surface area contributed by atoms with Crippen LogP contribution in [0.5, 0.6) is 0 Å². The van der Waals surface area contributed by atoms with Crippen LogP contribution >= 0.6 is 0 Å². The average Bonchev–Trinajstić information content (AvgIpc) is 2.63. The molecule has 0 aromatic heterocycles. The van der Waals surface area contributed by atoms with Gasteiger partial charge in [-0.15, -0.1) is 0 Å². The van der Waals surface area contributed by atoms with Crippen molar-refractivity contribution in [2.75, 3.05) is 24.5 Å². The van der Waals surface area contributed by atoms with Gasteiger partial charge < -0.3 is 9.80 Å². The molecule has 1 aromatic carbocycles. The van der Waals surface area contributed by atoms with Gasteiger partial charge in [0.25, 0.3) is 0 Å². The third-order valence-electron chi connectivity index (χ3n) is 5.06. The fourth-order valence-corrected chi connectivity index (χ4v) is 3.50. The summed E-state index contributed by atoms with van der Waals surface area (Å²) in [6.07, 6.45) is 8.47. The van der Waals surface area contributed by atoms with Gasteiger partial charge >= 0.3 is 0 Å². The van der Waals surface area contributed by atoms with Crippen molar-refractivity contribution >= 4 is 17.5 Å². The molecule has 4 heteroatoms. The normalized spacial score (nSPS) is 13.9. The van der Waals surface area contributed by atoms with Gasteiger partial charge in [-0.25, -0.2) is 0 Å². The summed E-state index contributed by atoms with van der Waals surface area (Å²) in [5.41, 5.74) is 3.53. The van der Waals surface area contributed by atoms with Crippen molar-refractivity contribution in [1.29, 1.82) is 0 Å². The van der Waals surface area contributed by atoms with Gasteiger partial charge in [-0.3, -0.25) is 9.59 Å². The fraction of sp³-hybridized carbons (Fsp3) is 0.545. The first kappa shape index (κ1) is 20.2. The van der Waals surface area contributed by atoms with Crippen molar-refractivity contribution in [3.8, 4) is 0 Å². The zero-order valence-corrected chi connectivity index (χ0v) is 16.5. The van der Waals surface area contributed by atoms with Gasteiger partial charge in [0, 0.05) is 38.7 Å². The van der Waals surface area contributed by atoms with Crippen LogP contribution in [0.1, 0.15) is 57.9 Å². The van der Waals surface area contributed by atoms with Crippen molar-refractivity contribution in [2.24, 2.45) is 0 Å². The Labute approximate surface area is 157 Å². The molecule has 2 rings (SSSR count). The van der Waals surface area contributed by atoms with Crippen LogP contribution in [0.15, 0.2) is 35.9 Å². The van der Waals surface area contributed by atoms with Crippen LogP contribution in [0.2, 0.25) is 0 Å². The lowest BCUT2D eigenvalue weighted by Gasteiger charge is -2.25. The van der Waals surface area contributed by atoms with E-state index in [9.17, 15) is 9.59 Å². The molecule has 1 aliphatic carbocycles. The number of anilines is 1. The van der Waals surface area contributed by atoms with Crippen LogP contribution in [0, 0.1) is 6.92 Å². The lowest BCUT2D eigenvalue weighted by atomic mass is 9.97. The van der Waals surface area contributed by atoms with Gasteiger partial charge in [0.1, 0.15) is 0 Å². The van der Waals surface area contributed by atoms with Crippen molar-refractivity contribution in [2.45, 2.75) is 59.3 Å². The maximum Gasteiger partial charge on any atom is 0.228 e. The second-order valence-electron chi connectivity index (χ2n) is 7.09. The van der Waals surface area contributed by atoms with E-state index in [0.29, 0.717) is 26.1 Å². The first-order chi connectivity index (χ1) is 12.5. The summed E-state index contributed by atoms with van der Waals surface area (Å²) in [6.45, 7) is 7.44. The molecule has 26 heavy (non-hydrogen) atoms. The van der Waals surface area contributed by atoms with Crippen molar-refractivity contribution in [3.05, 3.63) is 41.5 Å². The van der Waals surface area contributed by atoms with E-state index in [1.807, 2.05) is 43.0 Å². The summed E-state index contributed by atoms with van der Waals surface area (Å²) in [6, 6.07) is 7.99. The average molecular weight is 357 g/mol. The Morgan fingerprint density at radius 1 is 1.15 bits per heavy atom. The number of nitrogens with zero attached hydrogens (tertiary/aromatic N) is 2. The number of aryl methyl sites for hydroxylation is 1. The summed E-state index contributed by atoms with van der Waals surface area (Å²) in [5, 5.41) is 0. The standard InChI is InChI=1S/C22H32N2O2/c1-4-24(21-12-8-9-18(2)17-21)22(26)14-16-23(19(3)25)15-13-20-10-6-5-7-11-20/h8-10,12,17H,4-7,11,13-16H2,1-3H3. The molecule has 0 fully saturated rings. The van der Waals surface area contributed by atoms with E-state index in [0.717, 1.165) is 30.5 Å². The molecule has 0 heterocycles. The van der Waals surface area contributed by atoms with Crippen LogP contribution in [0.3, 0.4) is 0 Å². The molecule has 0 saturated heterocycles. The van der Waals surface area contributed by atoms with E-state index >= 15 is 0 Å². The van der Waals surface area contributed by atoms with Crippen molar-refractivity contribution in [3.63, 3.8) is 0 Å². The molecule has 0 spiro atoms. The largest absolute Gasteiger partial charge is 0.342 e.